The van der Waals surface area contributed by atoms with E-state index in [-0.39, 0.29) is 0 Å². The first-order valence-corrected chi connectivity index (χ1v) is 11.1. The molecule has 0 amide bonds. The van der Waals surface area contributed by atoms with Crippen molar-refractivity contribution in [2.24, 2.45) is 11.8 Å². The fourth-order valence-electron chi connectivity index (χ4n) is 2.28. The quantitative estimate of drug-likeness (QED) is 0.427. The highest BCUT2D eigenvalue weighted by atomic mass is 28.3. The normalized spacial score (nSPS) is 13.1. The summed E-state index contributed by atoms with van der Waals surface area (Å²) in [6, 6.07) is 1.49. The van der Waals surface area contributed by atoms with E-state index in [1.54, 1.807) is 0 Å². The highest BCUT2D eigenvalue weighted by Gasteiger charge is 2.13. The number of rotatable bonds is 9. The van der Waals surface area contributed by atoms with E-state index < -0.39 is 8.07 Å². The molecule has 0 atom stereocenters. The van der Waals surface area contributed by atoms with E-state index in [1.807, 2.05) is 0 Å². The Hall–Kier alpha value is 0.177. The van der Waals surface area contributed by atoms with Crippen molar-refractivity contribution in [3.63, 3.8) is 0 Å². The van der Waals surface area contributed by atoms with Crippen LogP contribution in [-0.2, 0) is 0 Å². The van der Waals surface area contributed by atoms with Gasteiger partial charge in [0.05, 0.1) is 0 Å². The zero-order chi connectivity index (χ0) is 13.5. The average molecular weight is 258 g/mol. The lowest BCUT2D eigenvalue weighted by Crippen LogP contribution is -2.32. The Morgan fingerprint density at radius 2 is 1.29 bits per heavy atom. The fourth-order valence-corrected chi connectivity index (χ4v) is 3.59. The summed E-state index contributed by atoms with van der Waals surface area (Å²) in [5, 5.41) is 0. The zero-order valence-corrected chi connectivity index (χ0v) is 14.3. The lowest BCUT2D eigenvalue weighted by Gasteiger charge is -2.26. The summed E-state index contributed by atoms with van der Waals surface area (Å²) in [5.41, 5.74) is 0. The zero-order valence-electron chi connectivity index (χ0n) is 13.3. The van der Waals surface area contributed by atoms with Crippen LogP contribution < -0.4 is 0 Å². The van der Waals surface area contributed by atoms with Crippen LogP contribution in [0.1, 0.15) is 40.5 Å². The van der Waals surface area contributed by atoms with Crippen molar-refractivity contribution in [1.29, 1.82) is 0 Å². The van der Waals surface area contributed by atoms with Gasteiger partial charge in [-0.1, -0.05) is 59.8 Å². The Balaban J connectivity index is 3.83. The monoisotopic (exact) mass is 257 g/mol. The lowest BCUT2D eigenvalue weighted by molar-refractivity contribution is 0.216. The van der Waals surface area contributed by atoms with Gasteiger partial charge in [0.15, 0.2) is 0 Å². The molecule has 0 rings (SSSR count). The summed E-state index contributed by atoms with van der Waals surface area (Å²) in [6.45, 7) is 20.6. The van der Waals surface area contributed by atoms with Crippen LogP contribution in [0.2, 0.25) is 25.7 Å². The molecule has 0 saturated heterocycles. The van der Waals surface area contributed by atoms with Gasteiger partial charge in [0.1, 0.15) is 0 Å². The molecule has 2 heteroatoms. The van der Waals surface area contributed by atoms with Crippen LogP contribution in [-0.4, -0.2) is 32.6 Å². The summed E-state index contributed by atoms with van der Waals surface area (Å²) in [4.78, 5) is 2.67. The first-order chi connectivity index (χ1) is 7.70. The van der Waals surface area contributed by atoms with E-state index in [2.05, 4.69) is 52.2 Å². The van der Waals surface area contributed by atoms with E-state index in [9.17, 15) is 0 Å². The van der Waals surface area contributed by atoms with Gasteiger partial charge in [0, 0.05) is 21.2 Å². The predicted molar refractivity (Wildman–Crippen MR) is 83.5 cm³/mol. The van der Waals surface area contributed by atoms with Crippen LogP contribution >= 0.6 is 0 Å². The Labute approximate surface area is 111 Å². The Bertz CT molecular complexity index is 172. The highest BCUT2D eigenvalue weighted by Crippen LogP contribution is 2.14. The molecule has 0 bridgehead atoms. The molecule has 0 saturated carbocycles. The van der Waals surface area contributed by atoms with Crippen LogP contribution in [0, 0.1) is 11.8 Å². The largest absolute Gasteiger partial charge is 0.303 e. The smallest absolute Gasteiger partial charge is 0.0442 e. The molecule has 0 fully saturated rings. The van der Waals surface area contributed by atoms with Crippen molar-refractivity contribution < 1.29 is 0 Å². The molecular weight excluding hydrogens is 222 g/mol. The van der Waals surface area contributed by atoms with Crippen molar-refractivity contribution in [3.05, 3.63) is 0 Å². The second-order valence-electron chi connectivity index (χ2n) is 7.57. The van der Waals surface area contributed by atoms with Gasteiger partial charge in [0.25, 0.3) is 0 Å². The van der Waals surface area contributed by atoms with E-state index in [1.165, 1.54) is 38.5 Å². The molecule has 0 aromatic rings. The van der Waals surface area contributed by atoms with E-state index in [4.69, 9.17) is 0 Å². The summed E-state index contributed by atoms with van der Waals surface area (Å²) in [5.74, 6) is 1.59. The van der Waals surface area contributed by atoms with Gasteiger partial charge in [-0.05, 0) is 24.8 Å². The maximum absolute atomic E-state index is 2.67. The molecule has 0 heterocycles. The van der Waals surface area contributed by atoms with Gasteiger partial charge in [0.2, 0.25) is 0 Å². The second-order valence-corrected chi connectivity index (χ2v) is 13.2. The number of hydrogen-bond donors (Lipinski definition) is 0. The lowest BCUT2D eigenvalue weighted by atomic mass is 10.1. The maximum atomic E-state index is 2.67. The molecular formula is C15H35NSi. The van der Waals surface area contributed by atoms with Crippen molar-refractivity contribution in [2.75, 3.05) is 19.6 Å². The van der Waals surface area contributed by atoms with Crippen LogP contribution in [0.4, 0.5) is 0 Å². The maximum Gasteiger partial charge on any atom is 0.0442 e. The van der Waals surface area contributed by atoms with Gasteiger partial charge in [-0.15, -0.1) is 0 Å². The Morgan fingerprint density at radius 1 is 0.824 bits per heavy atom. The predicted octanol–water partition coefficient (Wildman–Crippen LogP) is 4.72. The molecule has 1 nitrogen and oxygen atoms in total. The highest BCUT2D eigenvalue weighted by molar-refractivity contribution is 6.76. The third-order valence-corrected chi connectivity index (χ3v) is 4.75. The van der Waals surface area contributed by atoms with Gasteiger partial charge in [-0.2, -0.15) is 0 Å². The van der Waals surface area contributed by atoms with E-state index >= 15 is 0 Å². The molecule has 0 radical (unpaired) electrons. The van der Waals surface area contributed by atoms with Gasteiger partial charge >= 0.3 is 0 Å². The minimum absolute atomic E-state index is 0.797. The summed E-state index contributed by atoms with van der Waals surface area (Å²) >= 11 is 0. The molecule has 0 aliphatic rings. The third-order valence-electron chi connectivity index (χ3n) is 2.90. The fraction of sp³-hybridized carbons (Fsp3) is 1.00. The average Bonchev–Trinajstić information content (AvgIpc) is 2.08. The van der Waals surface area contributed by atoms with Crippen LogP contribution in [0.25, 0.3) is 0 Å². The molecule has 0 aromatic carbocycles. The molecule has 0 aliphatic heterocycles. The van der Waals surface area contributed by atoms with Gasteiger partial charge in [-0.3, -0.25) is 0 Å². The minimum atomic E-state index is -0.812. The minimum Gasteiger partial charge on any atom is -0.303 e. The van der Waals surface area contributed by atoms with Crippen LogP contribution in [0.3, 0.4) is 0 Å². The van der Waals surface area contributed by atoms with E-state index in [0.717, 1.165) is 11.8 Å². The standard InChI is InChI=1S/C15H35NSi/c1-14(2)12-16(13-15(3)4)10-8-9-11-17(5,6)7/h14-15H,8-13H2,1-7H3. The first-order valence-electron chi connectivity index (χ1n) is 7.43. The van der Waals surface area contributed by atoms with Crippen molar-refractivity contribution in [3.8, 4) is 0 Å². The topological polar surface area (TPSA) is 3.24 Å². The molecule has 17 heavy (non-hydrogen) atoms. The molecule has 0 N–H and O–H groups in total. The second kappa shape index (κ2) is 8.31. The van der Waals surface area contributed by atoms with Gasteiger partial charge in [-0.25, -0.2) is 0 Å². The summed E-state index contributed by atoms with van der Waals surface area (Å²) < 4.78 is 0. The molecule has 104 valence electrons. The Kier molecular flexibility index (Phi) is 8.40. The van der Waals surface area contributed by atoms with Crippen molar-refractivity contribution in [1.82, 2.24) is 4.90 Å². The molecule has 0 aliphatic carbocycles. The SMILES string of the molecule is CC(C)CN(CCCC[Si](C)(C)C)CC(C)C. The number of hydrogen-bond acceptors (Lipinski definition) is 1. The number of unbranched alkanes of at least 4 members (excludes halogenated alkanes) is 1. The first kappa shape index (κ1) is 17.2. The summed E-state index contributed by atoms with van der Waals surface area (Å²) in [6.07, 6.45) is 2.83. The number of nitrogens with zero attached hydrogens (tertiary/aromatic N) is 1. The van der Waals surface area contributed by atoms with Crippen molar-refractivity contribution in [2.45, 2.75) is 66.2 Å². The molecule has 0 spiro atoms. The third kappa shape index (κ3) is 12.4. The Morgan fingerprint density at radius 3 is 1.65 bits per heavy atom. The molecule has 0 unspecified atom stereocenters. The summed E-state index contributed by atoms with van der Waals surface area (Å²) in [7, 11) is -0.812. The van der Waals surface area contributed by atoms with Crippen molar-refractivity contribution >= 4 is 8.07 Å². The van der Waals surface area contributed by atoms with Crippen LogP contribution in [0.5, 0.6) is 0 Å². The van der Waals surface area contributed by atoms with E-state index in [0.29, 0.717) is 0 Å². The van der Waals surface area contributed by atoms with Gasteiger partial charge < -0.3 is 4.90 Å². The molecule has 0 aromatic heterocycles. The van der Waals surface area contributed by atoms with Crippen LogP contribution in [0.15, 0.2) is 0 Å².